The molecule has 1 heterocycles. The van der Waals surface area contributed by atoms with Crippen LogP contribution < -0.4 is 0 Å². The molecular weight excluding hydrogens is 282 g/mol. The monoisotopic (exact) mass is 301 g/mol. The van der Waals surface area contributed by atoms with Crippen LogP contribution in [0.5, 0.6) is 0 Å². The van der Waals surface area contributed by atoms with Crippen molar-refractivity contribution in [3.05, 3.63) is 41.8 Å². The third-order valence-corrected chi connectivity index (χ3v) is 4.31. The summed E-state index contributed by atoms with van der Waals surface area (Å²) in [5, 5.41) is 8.91. The molecule has 116 valence electrons. The number of oxazole rings is 1. The minimum Gasteiger partial charge on any atom is -0.478 e. The molecule has 0 saturated heterocycles. The van der Waals surface area contributed by atoms with Gasteiger partial charge < -0.3 is 14.3 Å². The van der Waals surface area contributed by atoms with E-state index in [-0.39, 0.29) is 5.56 Å². The Morgan fingerprint density at radius 3 is 2.50 bits per heavy atom. The Morgan fingerprint density at radius 2 is 1.91 bits per heavy atom. The van der Waals surface area contributed by atoms with Crippen LogP contribution in [0.4, 0.5) is 0 Å². The number of carbonyl (C=O) groups is 1. The SMILES string of the molecule is COC1CCC(c2cnc(-c3ccc(C(=O)O)cc3)o2)CC1. The second-order valence-corrected chi connectivity index (χ2v) is 5.66. The topological polar surface area (TPSA) is 72.6 Å². The molecule has 1 aliphatic rings. The molecule has 1 N–H and O–H groups in total. The lowest BCUT2D eigenvalue weighted by atomic mass is 9.86. The molecule has 1 aromatic heterocycles. The molecule has 0 unspecified atom stereocenters. The highest BCUT2D eigenvalue weighted by molar-refractivity contribution is 5.88. The van der Waals surface area contributed by atoms with Crippen LogP contribution >= 0.6 is 0 Å². The van der Waals surface area contributed by atoms with E-state index < -0.39 is 5.97 Å². The summed E-state index contributed by atoms with van der Waals surface area (Å²) in [7, 11) is 1.76. The van der Waals surface area contributed by atoms with E-state index in [1.54, 1.807) is 37.6 Å². The fraction of sp³-hybridized carbons (Fsp3) is 0.412. The van der Waals surface area contributed by atoms with Crippen LogP contribution in [0.1, 0.15) is 47.7 Å². The molecule has 3 rings (SSSR count). The number of methoxy groups -OCH3 is 1. The highest BCUT2D eigenvalue weighted by atomic mass is 16.5. The predicted molar refractivity (Wildman–Crippen MR) is 80.9 cm³/mol. The van der Waals surface area contributed by atoms with Crippen molar-refractivity contribution in [3.8, 4) is 11.5 Å². The molecule has 5 nitrogen and oxygen atoms in total. The van der Waals surface area contributed by atoms with Crippen LogP contribution in [-0.4, -0.2) is 29.3 Å². The second kappa shape index (κ2) is 6.32. The van der Waals surface area contributed by atoms with Gasteiger partial charge in [0.25, 0.3) is 0 Å². The molecule has 1 aromatic carbocycles. The Balaban J connectivity index is 1.72. The van der Waals surface area contributed by atoms with Crippen LogP contribution in [0.2, 0.25) is 0 Å². The Labute approximate surface area is 128 Å². The number of hydrogen-bond donors (Lipinski definition) is 1. The zero-order valence-corrected chi connectivity index (χ0v) is 12.5. The van der Waals surface area contributed by atoms with Gasteiger partial charge in [0.1, 0.15) is 5.76 Å². The van der Waals surface area contributed by atoms with Crippen molar-refractivity contribution in [2.24, 2.45) is 0 Å². The van der Waals surface area contributed by atoms with Gasteiger partial charge in [0.15, 0.2) is 0 Å². The lowest BCUT2D eigenvalue weighted by Gasteiger charge is -2.25. The van der Waals surface area contributed by atoms with E-state index in [2.05, 4.69) is 4.98 Å². The third kappa shape index (κ3) is 3.04. The predicted octanol–water partition coefficient (Wildman–Crippen LogP) is 3.71. The summed E-state index contributed by atoms with van der Waals surface area (Å²) in [5.74, 6) is 0.910. The molecule has 22 heavy (non-hydrogen) atoms. The zero-order valence-electron chi connectivity index (χ0n) is 12.5. The van der Waals surface area contributed by atoms with E-state index in [0.29, 0.717) is 17.9 Å². The number of carboxylic acids is 1. The fourth-order valence-electron chi connectivity index (χ4n) is 2.95. The summed E-state index contributed by atoms with van der Waals surface area (Å²) < 4.78 is 11.3. The van der Waals surface area contributed by atoms with E-state index >= 15 is 0 Å². The first-order valence-electron chi connectivity index (χ1n) is 7.49. The summed E-state index contributed by atoms with van der Waals surface area (Å²) in [6.45, 7) is 0. The van der Waals surface area contributed by atoms with E-state index in [4.69, 9.17) is 14.3 Å². The van der Waals surface area contributed by atoms with Gasteiger partial charge >= 0.3 is 5.97 Å². The minimum atomic E-state index is -0.936. The summed E-state index contributed by atoms with van der Waals surface area (Å²) in [6, 6.07) is 6.57. The standard InChI is InChI=1S/C17H19NO4/c1-21-14-8-6-11(7-9-14)15-10-18-16(22-15)12-2-4-13(5-3-12)17(19)20/h2-5,10-11,14H,6-9H2,1H3,(H,19,20). The van der Waals surface area contributed by atoms with E-state index in [0.717, 1.165) is 37.0 Å². The number of hydrogen-bond acceptors (Lipinski definition) is 4. The second-order valence-electron chi connectivity index (χ2n) is 5.66. The maximum atomic E-state index is 10.9. The number of nitrogens with zero attached hydrogens (tertiary/aromatic N) is 1. The number of benzene rings is 1. The number of carboxylic acid groups (broad SMARTS) is 1. The highest BCUT2D eigenvalue weighted by Crippen LogP contribution is 2.35. The third-order valence-electron chi connectivity index (χ3n) is 4.31. The quantitative estimate of drug-likeness (QED) is 0.932. The smallest absolute Gasteiger partial charge is 0.335 e. The Kier molecular flexibility index (Phi) is 4.24. The molecule has 0 bridgehead atoms. The highest BCUT2D eigenvalue weighted by Gasteiger charge is 2.25. The molecular formula is C17H19NO4. The van der Waals surface area contributed by atoms with Gasteiger partial charge in [-0.2, -0.15) is 0 Å². The van der Waals surface area contributed by atoms with E-state index in [1.807, 2.05) is 0 Å². The van der Waals surface area contributed by atoms with Crippen molar-refractivity contribution in [2.75, 3.05) is 7.11 Å². The lowest BCUT2D eigenvalue weighted by Crippen LogP contribution is -2.18. The van der Waals surface area contributed by atoms with Gasteiger partial charge in [-0.3, -0.25) is 0 Å². The van der Waals surface area contributed by atoms with Crippen LogP contribution in [0, 0.1) is 0 Å². The van der Waals surface area contributed by atoms with Crippen molar-refractivity contribution in [1.82, 2.24) is 4.98 Å². The first kappa shape index (κ1) is 14.8. The molecule has 0 aliphatic heterocycles. The van der Waals surface area contributed by atoms with Crippen molar-refractivity contribution in [1.29, 1.82) is 0 Å². The van der Waals surface area contributed by atoms with Gasteiger partial charge in [-0.1, -0.05) is 0 Å². The van der Waals surface area contributed by atoms with Crippen molar-refractivity contribution >= 4 is 5.97 Å². The molecule has 0 radical (unpaired) electrons. The Hall–Kier alpha value is -2.14. The van der Waals surface area contributed by atoms with Gasteiger partial charge in [0.05, 0.1) is 17.9 Å². The van der Waals surface area contributed by atoms with E-state index in [1.165, 1.54) is 0 Å². The zero-order chi connectivity index (χ0) is 15.5. The molecule has 0 spiro atoms. The summed E-state index contributed by atoms with van der Waals surface area (Å²) in [5.41, 5.74) is 1.05. The average molecular weight is 301 g/mol. The number of aromatic nitrogens is 1. The molecule has 0 amide bonds. The Morgan fingerprint density at radius 1 is 1.23 bits per heavy atom. The molecule has 2 aromatic rings. The lowest BCUT2D eigenvalue weighted by molar-refractivity contribution is 0.0639. The maximum Gasteiger partial charge on any atom is 0.335 e. The normalized spacial score (nSPS) is 21.7. The summed E-state index contributed by atoms with van der Waals surface area (Å²) in [6.07, 6.45) is 6.34. The van der Waals surface area contributed by atoms with Crippen LogP contribution in [-0.2, 0) is 4.74 Å². The number of aromatic carboxylic acids is 1. The maximum absolute atomic E-state index is 10.9. The molecule has 0 atom stereocenters. The van der Waals surface area contributed by atoms with Crippen molar-refractivity contribution in [3.63, 3.8) is 0 Å². The average Bonchev–Trinajstić information content (AvgIpc) is 3.05. The summed E-state index contributed by atoms with van der Waals surface area (Å²) in [4.78, 5) is 15.2. The minimum absolute atomic E-state index is 0.258. The van der Waals surface area contributed by atoms with Crippen LogP contribution in [0.3, 0.4) is 0 Å². The fourth-order valence-corrected chi connectivity index (χ4v) is 2.95. The molecule has 5 heteroatoms. The number of ether oxygens (including phenoxy) is 1. The van der Waals surface area contributed by atoms with Crippen LogP contribution in [0.15, 0.2) is 34.9 Å². The van der Waals surface area contributed by atoms with Crippen molar-refractivity contribution < 1.29 is 19.1 Å². The van der Waals surface area contributed by atoms with Gasteiger partial charge in [0.2, 0.25) is 5.89 Å². The summed E-state index contributed by atoms with van der Waals surface area (Å²) >= 11 is 0. The Bertz CT molecular complexity index is 639. The van der Waals surface area contributed by atoms with Crippen LogP contribution in [0.25, 0.3) is 11.5 Å². The van der Waals surface area contributed by atoms with Gasteiger partial charge in [-0.25, -0.2) is 9.78 Å². The molecule has 1 fully saturated rings. The molecule has 1 aliphatic carbocycles. The largest absolute Gasteiger partial charge is 0.478 e. The van der Waals surface area contributed by atoms with Gasteiger partial charge in [-0.15, -0.1) is 0 Å². The first-order chi connectivity index (χ1) is 10.7. The van der Waals surface area contributed by atoms with Gasteiger partial charge in [-0.05, 0) is 49.9 Å². The van der Waals surface area contributed by atoms with E-state index in [9.17, 15) is 4.79 Å². The first-order valence-corrected chi connectivity index (χ1v) is 7.49. The molecule has 1 saturated carbocycles. The van der Waals surface area contributed by atoms with Gasteiger partial charge in [0, 0.05) is 18.6 Å². The van der Waals surface area contributed by atoms with Crippen molar-refractivity contribution in [2.45, 2.75) is 37.7 Å². The number of rotatable bonds is 4.